The summed E-state index contributed by atoms with van der Waals surface area (Å²) in [6.45, 7) is 0.461. The van der Waals surface area contributed by atoms with Crippen molar-refractivity contribution < 1.29 is 9.66 Å². The molecule has 8 nitrogen and oxygen atoms in total. The van der Waals surface area contributed by atoms with Gasteiger partial charge in [0, 0.05) is 19.8 Å². The molecule has 0 fully saturated rings. The zero-order valence-corrected chi connectivity index (χ0v) is 11.7. The Morgan fingerprint density at radius 1 is 1.33 bits per heavy atom. The number of hydrogen-bond acceptors (Lipinski definition) is 7. The highest BCUT2D eigenvalue weighted by Crippen LogP contribution is 2.30. The Morgan fingerprint density at radius 2 is 2.10 bits per heavy atom. The minimum absolute atomic E-state index is 0.133. The molecule has 0 saturated heterocycles. The van der Waals surface area contributed by atoms with Crippen LogP contribution in [0, 0.1) is 10.1 Å². The van der Waals surface area contributed by atoms with E-state index in [9.17, 15) is 10.1 Å². The highest BCUT2D eigenvalue weighted by Gasteiger charge is 2.22. The SMILES string of the molecule is CNc1ncnc(Nc2cccc(COC)c2)c1[N+](=O)[O-]. The number of benzene rings is 1. The molecule has 1 heterocycles. The molecule has 0 saturated carbocycles. The van der Waals surface area contributed by atoms with Crippen molar-refractivity contribution in [1.29, 1.82) is 0 Å². The smallest absolute Gasteiger partial charge is 0.353 e. The van der Waals surface area contributed by atoms with E-state index in [0.29, 0.717) is 12.3 Å². The molecule has 2 N–H and O–H groups in total. The Morgan fingerprint density at radius 3 is 2.76 bits per heavy atom. The maximum absolute atomic E-state index is 11.2. The topological polar surface area (TPSA) is 102 Å². The zero-order chi connectivity index (χ0) is 15.2. The monoisotopic (exact) mass is 289 g/mol. The van der Waals surface area contributed by atoms with Crippen LogP contribution in [0.1, 0.15) is 5.56 Å². The van der Waals surface area contributed by atoms with Gasteiger partial charge in [0.1, 0.15) is 6.33 Å². The first-order valence-corrected chi connectivity index (χ1v) is 6.17. The first-order valence-electron chi connectivity index (χ1n) is 6.17. The molecule has 0 bridgehead atoms. The highest BCUT2D eigenvalue weighted by molar-refractivity contribution is 5.73. The number of hydrogen-bond donors (Lipinski definition) is 2. The van der Waals surface area contributed by atoms with Gasteiger partial charge >= 0.3 is 5.69 Å². The van der Waals surface area contributed by atoms with E-state index in [2.05, 4.69) is 20.6 Å². The van der Waals surface area contributed by atoms with Crippen LogP contribution in [0.15, 0.2) is 30.6 Å². The van der Waals surface area contributed by atoms with Crippen LogP contribution >= 0.6 is 0 Å². The van der Waals surface area contributed by atoms with Gasteiger partial charge < -0.3 is 15.4 Å². The van der Waals surface area contributed by atoms with Gasteiger partial charge in [0.15, 0.2) is 0 Å². The van der Waals surface area contributed by atoms with Crippen LogP contribution in [0.25, 0.3) is 0 Å². The predicted molar refractivity (Wildman–Crippen MR) is 78.7 cm³/mol. The molecule has 0 atom stereocenters. The molecule has 2 aromatic rings. The first-order chi connectivity index (χ1) is 10.2. The number of methoxy groups -OCH3 is 1. The molecule has 0 unspecified atom stereocenters. The molecule has 0 spiro atoms. The molecule has 0 aliphatic carbocycles. The van der Waals surface area contributed by atoms with Crippen LogP contribution in [0.2, 0.25) is 0 Å². The van der Waals surface area contributed by atoms with E-state index >= 15 is 0 Å². The van der Waals surface area contributed by atoms with Crippen molar-refractivity contribution in [2.24, 2.45) is 0 Å². The van der Waals surface area contributed by atoms with Crippen molar-refractivity contribution in [3.8, 4) is 0 Å². The fourth-order valence-corrected chi connectivity index (χ4v) is 1.87. The summed E-state index contributed by atoms with van der Waals surface area (Å²) < 4.78 is 5.06. The maximum atomic E-state index is 11.2. The maximum Gasteiger partial charge on any atom is 0.353 e. The third kappa shape index (κ3) is 3.42. The molecule has 2 rings (SSSR count). The number of nitrogens with one attached hydrogen (secondary N) is 2. The van der Waals surface area contributed by atoms with Crippen LogP contribution in [-0.2, 0) is 11.3 Å². The summed E-state index contributed by atoms with van der Waals surface area (Å²) in [4.78, 5) is 18.5. The van der Waals surface area contributed by atoms with Gasteiger partial charge in [0.05, 0.1) is 11.5 Å². The molecule has 0 radical (unpaired) electrons. The predicted octanol–water partition coefficient (Wildman–Crippen LogP) is 2.32. The van der Waals surface area contributed by atoms with E-state index in [4.69, 9.17) is 4.74 Å². The number of anilines is 3. The Bertz CT molecular complexity index is 647. The second kappa shape index (κ2) is 6.62. The molecule has 8 heteroatoms. The van der Waals surface area contributed by atoms with Gasteiger partial charge in [-0.05, 0) is 17.7 Å². The zero-order valence-electron chi connectivity index (χ0n) is 11.7. The van der Waals surface area contributed by atoms with Crippen molar-refractivity contribution in [2.75, 3.05) is 24.8 Å². The largest absolute Gasteiger partial charge is 0.380 e. The number of nitro groups is 1. The molecule has 1 aromatic carbocycles. The minimum atomic E-state index is -0.521. The van der Waals surface area contributed by atoms with Crippen molar-refractivity contribution in [3.05, 3.63) is 46.3 Å². The van der Waals surface area contributed by atoms with Crippen LogP contribution in [0.3, 0.4) is 0 Å². The Kier molecular flexibility index (Phi) is 4.62. The minimum Gasteiger partial charge on any atom is -0.380 e. The second-order valence-electron chi connectivity index (χ2n) is 4.18. The second-order valence-corrected chi connectivity index (χ2v) is 4.18. The fraction of sp³-hybridized carbons (Fsp3) is 0.231. The van der Waals surface area contributed by atoms with E-state index in [1.54, 1.807) is 20.2 Å². The van der Waals surface area contributed by atoms with Gasteiger partial charge in [0.25, 0.3) is 0 Å². The third-order valence-electron chi connectivity index (χ3n) is 2.74. The Hall–Kier alpha value is -2.74. The van der Waals surface area contributed by atoms with Crippen molar-refractivity contribution >= 4 is 23.0 Å². The highest BCUT2D eigenvalue weighted by atomic mass is 16.6. The lowest BCUT2D eigenvalue weighted by Gasteiger charge is -2.09. The summed E-state index contributed by atoms with van der Waals surface area (Å²) in [6.07, 6.45) is 1.26. The molecule has 1 aromatic heterocycles. The van der Waals surface area contributed by atoms with E-state index in [1.165, 1.54) is 6.33 Å². The third-order valence-corrected chi connectivity index (χ3v) is 2.74. The van der Waals surface area contributed by atoms with Crippen LogP contribution in [0.5, 0.6) is 0 Å². The Labute approximate surface area is 121 Å². The molecule has 21 heavy (non-hydrogen) atoms. The summed E-state index contributed by atoms with van der Waals surface area (Å²) >= 11 is 0. The van der Waals surface area contributed by atoms with Crippen molar-refractivity contribution in [2.45, 2.75) is 6.61 Å². The number of rotatable bonds is 6. The summed E-state index contributed by atoms with van der Waals surface area (Å²) in [7, 11) is 3.17. The summed E-state index contributed by atoms with van der Waals surface area (Å²) in [6, 6.07) is 7.38. The van der Waals surface area contributed by atoms with Gasteiger partial charge in [0.2, 0.25) is 11.6 Å². The van der Waals surface area contributed by atoms with Gasteiger partial charge in [-0.2, -0.15) is 0 Å². The standard InChI is InChI=1S/C13H15N5O3/c1-14-12-11(18(19)20)13(16-8-15-12)17-10-5-3-4-9(6-10)7-21-2/h3-6,8H,7H2,1-2H3,(H2,14,15,16,17). The quantitative estimate of drug-likeness (QED) is 0.621. The van der Waals surface area contributed by atoms with Crippen LogP contribution < -0.4 is 10.6 Å². The lowest BCUT2D eigenvalue weighted by Crippen LogP contribution is -2.05. The summed E-state index contributed by atoms with van der Waals surface area (Å²) in [5.41, 5.74) is 1.44. The van der Waals surface area contributed by atoms with Crippen molar-refractivity contribution in [1.82, 2.24) is 9.97 Å². The molecular weight excluding hydrogens is 274 g/mol. The molecule has 110 valence electrons. The van der Waals surface area contributed by atoms with Gasteiger partial charge in [-0.1, -0.05) is 12.1 Å². The van der Waals surface area contributed by atoms with E-state index in [-0.39, 0.29) is 17.3 Å². The molecule has 0 aliphatic rings. The molecule has 0 amide bonds. The average molecular weight is 289 g/mol. The van der Waals surface area contributed by atoms with Crippen molar-refractivity contribution in [3.63, 3.8) is 0 Å². The lowest BCUT2D eigenvalue weighted by atomic mass is 10.2. The van der Waals surface area contributed by atoms with Crippen LogP contribution in [0.4, 0.5) is 23.0 Å². The average Bonchev–Trinajstić information content (AvgIpc) is 2.47. The summed E-state index contributed by atoms with van der Waals surface area (Å²) in [5.74, 6) is 0.291. The van der Waals surface area contributed by atoms with E-state index < -0.39 is 4.92 Å². The Balaban J connectivity index is 2.35. The number of nitrogens with zero attached hydrogens (tertiary/aromatic N) is 3. The lowest BCUT2D eigenvalue weighted by molar-refractivity contribution is -0.383. The van der Waals surface area contributed by atoms with E-state index in [0.717, 1.165) is 5.56 Å². The van der Waals surface area contributed by atoms with Gasteiger partial charge in [-0.15, -0.1) is 0 Å². The molecular formula is C13H15N5O3. The fourth-order valence-electron chi connectivity index (χ4n) is 1.87. The van der Waals surface area contributed by atoms with Gasteiger partial charge in [-0.3, -0.25) is 10.1 Å². The van der Waals surface area contributed by atoms with E-state index in [1.807, 2.05) is 18.2 Å². The normalized spacial score (nSPS) is 10.2. The van der Waals surface area contributed by atoms with Gasteiger partial charge in [-0.25, -0.2) is 9.97 Å². The molecule has 0 aliphatic heterocycles. The first kappa shape index (κ1) is 14.7. The summed E-state index contributed by atoms with van der Waals surface area (Å²) in [5, 5.41) is 16.8. The number of aromatic nitrogens is 2. The number of ether oxygens (including phenoxy) is 1. The van der Waals surface area contributed by atoms with Crippen LogP contribution in [-0.4, -0.2) is 29.0 Å².